The second-order valence-electron chi connectivity index (χ2n) is 3.22. The SMILES string of the molecule is C[C@H]1CNCCN1N(C)CC=O. The smallest absolute Gasteiger partial charge is 0.135 e. The number of likely N-dealkylation sites (N-methyl/N-ethyl adjacent to an activating group) is 1. The molecule has 0 amide bonds. The topological polar surface area (TPSA) is 35.6 Å². The number of aldehydes is 1. The molecule has 1 atom stereocenters. The van der Waals surface area contributed by atoms with E-state index in [-0.39, 0.29) is 0 Å². The number of piperazine rings is 1. The van der Waals surface area contributed by atoms with Crippen LogP contribution in [-0.4, -0.2) is 55.6 Å². The molecule has 0 unspecified atom stereocenters. The molecule has 0 aromatic rings. The van der Waals surface area contributed by atoms with Crippen LogP contribution in [0.4, 0.5) is 0 Å². The first-order chi connectivity index (χ1) is 5.75. The fraction of sp³-hybridized carbons (Fsp3) is 0.875. The Morgan fingerprint density at radius 3 is 3.08 bits per heavy atom. The van der Waals surface area contributed by atoms with Gasteiger partial charge in [0.1, 0.15) is 6.29 Å². The number of hydrogen-bond donors (Lipinski definition) is 1. The number of hydrogen-bond acceptors (Lipinski definition) is 4. The van der Waals surface area contributed by atoms with Crippen LogP contribution >= 0.6 is 0 Å². The Morgan fingerprint density at radius 1 is 1.75 bits per heavy atom. The lowest BCUT2D eigenvalue weighted by Crippen LogP contribution is -2.56. The first-order valence-electron chi connectivity index (χ1n) is 4.37. The van der Waals surface area contributed by atoms with Crippen LogP contribution in [0.2, 0.25) is 0 Å². The maximum atomic E-state index is 10.3. The molecular formula is C8H17N3O. The summed E-state index contributed by atoms with van der Waals surface area (Å²) in [5.41, 5.74) is 0. The maximum absolute atomic E-state index is 10.3. The normalized spacial score (nSPS) is 26.1. The van der Waals surface area contributed by atoms with Gasteiger partial charge in [-0.25, -0.2) is 10.0 Å². The third kappa shape index (κ3) is 2.27. The van der Waals surface area contributed by atoms with Crippen molar-refractivity contribution < 1.29 is 4.79 Å². The minimum absolute atomic E-state index is 0.490. The molecule has 1 aliphatic heterocycles. The molecule has 70 valence electrons. The van der Waals surface area contributed by atoms with E-state index in [1.807, 2.05) is 12.1 Å². The van der Waals surface area contributed by atoms with E-state index in [2.05, 4.69) is 17.2 Å². The van der Waals surface area contributed by atoms with Crippen molar-refractivity contribution >= 4 is 6.29 Å². The molecule has 1 aliphatic rings. The van der Waals surface area contributed by atoms with Crippen molar-refractivity contribution in [3.63, 3.8) is 0 Å². The molecule has 0 aromatic heterocycles. The molecule has 1 rings (SSSR count). The summed E-state index contributed by atoms with van der Waals surface area (Å²) in [5.74, 6) is 0. The summed E-state index contributed by atoms with van der Waals surface area (Å²) in [4.78, 5) is 10.3. The number of nitrogens with zero attached hydrogens (tertiary/aromatic N) is 2. The van der Waals surface area contributed by atoms with E-state index < -0.39 is 0 Å². The molecular weight excluding hydrogens is 154 g/mol. The summed E-state index contributed by atoms with van der Waals surface area (Å²) in [6.07, 6.45) is 0.939. The Kier molecular flexibility index (Phi) is 3.65. The number of hydrazine groups is 1. The van der Waals surface area contributed by atoms with Crippen LogP contribution in [0.5, 0.6) is 0 Å². The molecule has 0 aliphatic carbocycles. The van der Waals surface area contributed by atoms with Gasteiger partial charge in [-0.15, -0.1) is 0 Å². The summed E-state index contributed by atoms with van der Waals surface area (Å²) in [5, 5.41) is 7.52. The van der Waals surface area contributed by atoms with Crippen molar-refractivity contribution in [3.05, 3.63) is 0 Å². The van der Waals surface area contributed by atoms with Gasteiger partial charge in [-0.1, -0.05) is 0 Å². The van der Waals surface area contributed by atoms with Gasteiger partial charge in [0.15, 0.2) is 0 Å². The third-order valence-electron chi connectivity index (χ3n) is 2.24. The van der Waals surface area contributed by atoms with Gasteiger partial charge in [0.25, 0.3) is 0 Å². The van der Waals surface area contributed by atoms with Crippen LogP contribution in [0.1, 0.15) is 6.92 Å². The zero-order valence-corrected chi connectivity index (χ0v) is 7.79. The zero-order chi connectivity index (χ0) is 8.97. The average molecular weight is 171 g/mol. The molecule has 0 aromatic carbocycles. The highest BCUT2D eigenvalue weighted by Gasteiger charge is 2.20. The minimum atomic E-state index is 0.490. The summed E-state index contributed by atoms with van der Waals surface area (Å²) in [6, 6.07) is 0.490. The number of carbonyl (C=O) groups is 1. The highest BCUT2D eigenvalue weighted by atomic mass is 16.1. The van der Waals surface area contributed by atoms with Crippen molar-refractivity contribution in [2.45, 2.75) is 13.0 Å². The van der Waals surface area contributed by atoms with Gasteiger partial charge in [-0.2, -0.15) is 0 Å². The average Bonchev–Trinajstić information content (AvgIpc) is 2.05. The number of nitrogens with one attached hydrogen (secondary N) is 1. The summed E-state index contributed by atoms with van der Waals surface area (Å²) in [7, 11) is 1.95. The van der Waals surface area contributed by atoms with Crippen molar-refractivity contribution in [1.82, 2.24) is 15.3 Å². The Bertz CT molecular complexity index is 151. The van der Waals surface area contributed by atoms with E-state index in [1.54, 1.807) is 0 Å². The maximum Gasteiger partial charge on any atom is 0.135 e. The lowest BCUT2D eigenvalue weighted by Gasteiger charge is -2.39. The Labute approximate surface area is 73.5 Å². The van der Waals surface area contributed by atoms with Crippen LogP contribution in [0, 0.1) is 0 Å². The van der Waals surface area contributed by atoms with Crippen molar-refractivity contribution in [2.75, 3.05) is 33.2 Å². The van der Waals surface area contributed by atoms with Crippen molar-refractivity contribution in [1.29, 1.82) is 0 Å². The molecule has 0 bridgehead atoms. The number of carbonyl (C=O) groups excluding carboxylic acids is 1. The highest BCUT2D eigenvalue weighted by molar-refractivity contribution is 5.51. The quantitative estimate of drug-likeness (QED) is 0.571. The van der Waals surface area contributed by atoms with E-state index >= 15 is 0 Å². The second kappa shape index (κ2) is 4.54. The second-order valence-corrected chi connectivity index (χ2v) is 3.22. The first kappa shape index (κ1) is 9.64. The van der Waals surface area contributed by atoms with E-state index in [1.165, 1.54) is 0 Å². The van der Waals surface area contributed by atoms with Crippen LogP contribution in [0.25, 0.3) is 0 Å². The van der Waals surface area contributed by atoms with Gasteiger partial charge >= 0.3 is 0 Å². The molecule has 0 spiro atoms. The molecule has 12 heavy (non-hydrogen) atoms. The molecule has 1 fully saturated rings. The van der Waals surface area contributed by atoms with Crippen LogP contribution in [-0.2, 0) is 4.79 Å². The van der Waals surface area contributed by atoms with Crippen molar-refractivity contribution in [2.24, 2.45) is 0 Å². The monoisotopic (exact) mass is 171 g/mol. The van der Waals surface area contributed by atoms with E-state index in [0.29, 0.717) is 12.6 Å². The number of rotatable bonds is 3. The fourth-order valence-corrected chi connectivity index (χ4v) is 1.55. The van der Waals surface area contributed by atoms with Gasteiger partial charge in [0.2, 0.25) is 0 Å². The Hall–Kier alpha value is -0.450. The molecule has 1 saturated heterocycles. The molecule has 4 nitrogen and oxygen atoms in total. The zero-order valence-electron chi connectivity index (χ0n) is 7.79. The van der Waals surface area contributed by atoms with Crippen molar-refractivity contribution in [3.8, 4) is 0 Å². The van der Waals surface area contributed by atoms with Gasteiger partial charge < -0.3 is 10.1 Å². The van der Waals surface area contributed by atoms with Crippen LogP contribution in [0.3, 0.4) is 0 Å². The van der Waals surface area contributed by atoms with E-state index in [0.717, 1.165) is 25.9 Å². The largest absolute Gasteiger partial charge is 0.314 e. The summed E-state index contributed by atoms with van der Waals surface area (Å²) < 4.78 is 0. The predicted octanol–water partition coefficient (Wildman–Crippen LogP) is -0.674. The van der Waals surface area contributed by atoms with Gasteiger partial charge in [0, 0.05) is 32.7 Å². The molecule has 1 N–H and O–H groups in total. The summed E-state index contributed by atoms with van der Waals surface area (Å²) in [6.45, 7) is 5.65. The highest BCUT2D eigenvalue weighted by Crippen LogP contribution is 2.03. The van der Waals surface area contributed by atoms with Gasteiger partial charge in [0.05, 0.1) is 6.54 Å². The predicted molar refractivity (Wildman–Crippen MR) is 47.7 cm³/mol. The Morgan fingerprint density at radius 2 is 2.50 bits per heavy atom. The van der Waals surface area contributed by atoms with E-state index in [9.17, 15) is 4.79 Å². The van der Waals surface area contributed by atoms with E-state index in [4.69, 9.17) is 0 Å². The molecule has 1 heterocycles. The summed E-state index contributed by atoms with van der Waals surface area (Å²) >= 11 is 0. The molecule has 0 saturated carbocycles. The minimum Gasteiger partial charge on any atom is -0.314 e. The molecule has 0 radical (unpaired) electrons. The van der Waals surface area contributed by atoms with Crippen LogP contribution < -0.4 is 5.32 Å². The third-order valence-corrected chi connectivity index (χ3v) is 2.24. The first-order valence-corrected chi connectivity index (χ1v) is 4.37. The van der Waals surface area contributed by atoms with Crippen LogP contribution in [0.15, 0.2) is 0 Å². The van der Waals surface area contributed by atoms with Gasteiger partial charge in [-0.05, 0) is 6.92 Å². The lowest BCUT2D eigenvalue weighted by atomic mass is 10.2. The fourth-order valence-electron chi connectivity index (χ4n) is 1.55. The van der Waals surface area contributed by atoms with Gasteiger partial charge in [-0.3, -0.25) is 0 Å². The lowest BCUT2D eigenvalue weighted by molar-refractivity contribution is -0.115. The molecule has 4 heteroatoms. The Balaban J connectivity index is 2.41. The standard InChI is InChI=1S/C8H17N3O/c1-8-7-9-3-4-11(8)10(2)5-6-12/h6,8-9H,3-5,7H2,1-2H3/t8-/m0/s1.